The van der Waals surface area contributed by atoms with Crippen molar-refractivity contribution in [3.05, 3.63) is 114 Å². The number of nitrogens with zero attached hydrogens (tertiary/aromatic N) is 2. The second-order valence-corrected chi connectivity index (χ2v) is 14.5. The van der Waals surface area contributed by atoms with Crippen LogP contribution >= 0.6 is 0 Å². The van der Waals surface area contributed by atoms with Crippen molar-refractivity contribution in [3.63, 3.8) is 0 Å². The quantitative estimate of drug-likeness (QED) is 0.0349. The van der Waals surface area contributed by atoms with E-state index < -0.39 is 0 Å². The monoisotopic (exact) mass is 769 g/mol. The molecule has 0 unspecified atom stereocenters. The zero-order valence-electron chi connectivity index (χ0n) is 35.0. The van der Waals surface area contributed by atoms with Gasteiger partial charge in [-0.1, -0.05) is 154 Å². The fourth-order valence-corrected chi connectivity index (χ4v) is 7.09. The molecule has 0 atom stereocenters. The number of hydrogen-bond donors (Lipinski definition) is 0. The van der Waals surface area contributed by atoms with Gasteiger partial charge < -0.3 is 6.92 Å². The third-order valence-corrected chi connectivity index (χ3v) is 10.2. The molecule has 0 bridgehead atoms. The Hall–Kier alpha value is -3.29. The summed E-state index contributed by atoms with van der Waals surface area (Å²) in [5.74, 6) is 0. The minimum absolute atomic E-state index is 0. The Morgan fingerprint density at radius 2 is 1.06 bits per heavy atom. The Morgan fingerprint density at radius 3 is 1.65 bits per heavy atom. The maximum Gasteiger partial charge on any atom is 0.0642 e. The van der Waals surface area contributed by atoms with Gasteiger partial charge in [-0.2, -0.15) is 6.42 Å². The maximum absolute atomic E-state index is 5.38. The molecular weight excluding hydrogens is 699 g/mol. The molecule has 0 fully saturated rings. The van der Waals surface area contributed by atoms with Gasteiger partial charge in [0.1, 0.15) is 0 Å². The summed E-state index contributed by atoms with van der Waals surface area (Å²) in [6.07, 6.45) is 20.1. The largest absolute Gasteiger partial charge is 0.343 e. The summed E-state index contributed by atoms with van der Waals surface area (Å²) in [7, 11) is 0. The molecule has 0 aliphatic rings. The van der Waals surface area contributed by atoms with Crippen molar-refractivity contribution in [3.8, 4) is 22.3 Å². The molecule has 0 spiro atoms. The zero-order chi connectivity index (χ0) is 38.3. The van der Waals surface area contributed by atoms with E-state index in [9.17, 15) is 0 Å². The molecule has 0 aromatic heterocycles. The van der Waals surface area contributed by atoms with Crippen LogP contribution < -0.4 is 0 Å². The number of unbranched alkanes of at least 4 members (excludes halogenated alkanes) is 8. The molecule has 0 N–H and O–H groups in total. The molecule has 0 saturated heterocycles. The second-order valence-electron chi connectivity index (χ2n) is 14.5. The summed E-state index contributed by atoms with van der Waals surface area (Å²) in [5.41, 5.74) is 15.3. The van der Waals surface area contributed by atoms with E-state index in [1.165, 1.54) is 115 Å². The third kappa shape index (κ3) is 15.1. The molecule has 0 amide bonds. The average molecular weight is 771 g/mol. The summed E-state index contributed by atoms with van der Waals surface area (Å²) in [6.45, 7) is 19.2. The molecule has 296 valence electrons. The van der Waals surface area contributed by atoms with Crippen molar-refractivity contribution in [1.82, 2.24) is 0 Å². The molecule has 0 heterocycles. The Bertz CT molecular complexity index is 1670. The van der Waals surface area contributed by atoms with Crippen LogP contribution in [0.4, 0.5) is 11.4 Å². The van der Waals surface area contributed by atoms with Gasteiger partial charge in [-0.25, -0.2) is 0 Å². The van der Waals surface area contributed by atoms with E-state index in [-0.39, 0.29) is 16.5 Å². The van der Waals surface area contributed by atoms with E-state index in [0.717, 1.165) is 61.3 Å². The van der Waals surface area contributed by atoms with Crippen molar-refractivity contribution in [2.75, 3.05) is 0 Å². The van der Waals surface area contributed by atoms with Crippen molar-refractivity contribution in [2.45, 2.75) is 158 Å². The molecule has 0 aliphatic heterocycles. The van der Waals surface area contributed by atoms with Crippen LogP contribution in [-0.2, 0) is 42.2 Å². The first kappa shape index (κ1) is 46.9. The van der Waals surface area contributed by atoms with Gasteiger partial charge in [0.25, 0.3) is 0 Å². The minimum atomic E-state index is 0. The van der Waals surface area contributed by atoms with Gasteiger partial charge >= 0.3 is 0 Å². The average Bonchev–Trinajstić information content (AvgIpc) is 3.20. The molecule has 4 aromatic rings. The molecule has 4 rings (SSSR count). The Morgan fingerprint density at radius 1 is 0.537 bits per heavy atom. The fraction of sp³-hybridized carbons (Fsp3) is 0.471. The van der Waals surface area contributed by atoms with E-state index in [0.29, 0.717) is 0 Å². The number of aryl methyl sites for hydroxylation is 3. The SMILES string of the molecule is CCCCCCCCc1cc(N=C(CC)C(C)=Nc2cc(CC)c(-c3ccccc3)c(CCCC)c2)cc(-c2ccccc2)c1CCCC.[CH2-]CCC.[Ni]. The van der Waals surface area contributed by atoms with Gasteiger partial charge in [0.15, 0.2) is 0 Å². The third-order valence-electron chi connectivity index (χ3n) is 10.2. The van der Waals surface area contributed by atoms with Gasteiger partial charge in [-0.3, -0.25) is 9.98 Å². The number of aliphatic imine (C=N–C) groups is 2. The smallest absolute Gasteiger partial charge is 0.0642 e. The van der Waals surface area contributed by atoms with Crippen LogP contribution in [0.25, 0.3) is 22.3 Å². The summed E-state index contributed by atoms with van der Waals surface area (Å²) < 4.78 is 0. The minimum Gasteiger partial charge on any atom is -0.343 e. The van der Waals surface area contributed by atoms with Gasteiger partial charge in [0.2, 0.25) is 0 Å². The van der Waals surface area contributed by atoms with E-state index in [1.807, 2.05) is 0 Å². The van der Waals surface area contributed by atoms with Crippen molar-refractivity contribution < 1.29 is 16.5 Å². The summed E-state index contributed by atoms with van der Waals surface area (Å²) >= 11 is 0. The van der Waals surface area contributed by atoms with Gasteiger partial charge in [-0.05, 0) is 127 Å². The molecule has 4 aromatic carbocycles. The molecule has 3 heteroatoms. The maximum atomic E-state index is 5.38. The van der Waals surface area contributed by atoms with Gasteiger partial charge in [0, 0.05) is 16.5 Å². The molecular formula is C51H71N2Ni-. The topological polar surface area (TPSA) is 24.7 Å². The molecule has 0 aliphatic carbocycles. The van der Waals surface area contributed by atoms with Crippen LogP contribution in [-0.4, -0.2) is 11.4 Å². The van der Waals surface area contributed by atoms with Crippen molar-refractivity contribution >= 4 is 22.8 Å². The molecule has 2 nitrogen and oxygen atoms in total. The predicted molar refractivity (Wildman–Crippen MR) is 238 cm³/mol. The molecule has 0 saturated carbocycles. The van der Waals surface area contributed by atoms with Crippen LogP contribution in [0.3, 0.4) is 0 Å². The summed E-state index contributed by atoms with van der Waals surface area (Å²) in [6, 6.07) is 31.3. The number of rotatable bonds is 21. The van der Waals surface area contributed by atoms with Crippen LogP contribution in [0.2, 0.25) is 0 Å². The second kappa shape index (κ2) is 27.3. The van der Waals surface area contributed by atoms with Crippen LogP contribution in [0, 0.1) is 6.92 Å². The van der Waals surface area contributed by atoms with Gasteiger partial charge in [0.05, 0.1) is 22.8 Å². The number of benzene rings is 4. The van der Waals surface area contributed by atoms with E-state index in [1.54, 1.807) is 0 Å². The van der Waals surface area contributed by atoms with Crippen LogP contribution in [0.1, 0.15) is 154 Å². The Balaban J connectivity index is 0.00000192. The Labute approximate surface area is 341 Å². The molecule has 0 radical (unpaired) electrons. The predicted octanol–water partition coefficient (Wildman–Crippen LogP) is 16.1. The summed E-state index contributed by atoms with van der Waals surface area (Å²) in [4.78, 5) is 10.6. The van der Waals surface area contributed by atoms with Gasteiger partial charge in [-0.15, -0.1) is 0 Å². The van der Waals surface area contributed by atoms with E-state index >= 15 is 0 Å². The van der Waals surface area contributed by atoms with Crippen molar-refractivity contribution in [2.24, 2.45) is 9.98 Å². The first-order valence-corrected chi connectivity index (χ1v) is 21.3. The van der Waals surface area contributed by atoms with Crippen LogP contribution in [0.5, 0.6) is 0 Å². The zero-order valence-corrected chi connectivity index (χ0v) is 36.0. The first-order chi connectivity index (χ1) is 25.9. The van der Waals surface area contributed by atoms with Crippen molar-refractivity contribution in [1.29, 1.82) is 0 Å². The van der Waals surface area contributed by atoms with E-state index in [4.69, 9.17) is 9.98 Å². The summed E-state index contributed by atoms with van der Waals surface area (Å²) in [5, 5.41) is 0. The first-order valence-electron chi connectivity index (χ1n) is 21.3. The van der Waals surface area contributed by atoms with Crippen LogP contribution in [0.15, 0.2) is 94.9 Å². The fourth-order valence-electron chi connectivity index (χ4n) is 7.09. The standard InChI is InChI=1S/C47H62N2.C4H9.Ni/c1-7-12-15-16-17-20-30-40-33-43(35-45(44(40)31-14-9-3)38-26-21-18-22-27-38)49-46(11-5)36(6)48-42-32-37(10-4)47(39-28-23-19-24-29-39)41(34-42)25-13-8-2;1-3-4-2;/h18-19,21-24,26-29,32-35H,7-17,20,25,30-31H2,1-6H3;1,3-4H2,2H3;/q;-1;. The Kier molecular flexibility index (Phi) is 23.7. The number of hydrogen-bond acceptors (Lipinski definition) is 2. The molecule has 54 heavy (non-hydrogen) atoms. The normalized spacial score (nSPS) is 11.6. The van der Waals surface area contributed by atoms with E-state index in [2.05, 4.69) is 140 Å².